The first-order valence-electron chi connectivity index (χ1n) is 6.55. The monoisotopic (exact) mass is 281 g/mol. The van der Waals surface area contributed by atoms with Crippen LogP contribution in [0.4, 0.5) is 0 Å². The Balaban J connectivity index is 2.19. The number of aromatic hydroxyl groups is 1. The molecule has 4 heteroatoms. The Morgan fingerprint density at radius 2 is 1.95 bits per heavy atom. The lowest BCUT2D eigenvalue weighted by molar-refractivity contribution is 0.112. The van der Waals surface area contributed by atoms with Gasteiger partial charge in [-0.15, -0.1) is 0 Å². The lowest BCUT2D eigenvalue weighted by atomic mass is 10.0. The van der Waals surface area contributed by atoms with Crippen LogP contribution in [0.1, 0.15) is 10.4 Å². The molecule has 0 bridgehead atoms. The van der Waals surface area contributed by atoms with Gasteiger partial charge in [-0.3, -0.25) is 4.79 Å². The lowest BCUT2D eigenvalue weighted by Crippen LogP contribution is -1.91. The van der Waals surface area contributed by atoms with Gasteiger partial charge in [0.25, 0.3) is 0 Å². The Labute approximate surface area is 122 Å². The van der Waals surface area contributed by atoms with Gasteiger partial charge in [-0.2, -0.15) is 0 Å². The van der Waals surface area contributed by atoms with Gasteiger partial charge in [0.2, 0.25) is 0 Å². The SMILES string of the molecule is COc1cc(-c2ccc3c(ccn3C)c2)cc(C=O)c1O. The average Bonchev–Trinajstić information content (AvgIpc) is 2.88. The van der Waals surface area contributed by atoms with E-state index in [-0.39, 0.29) is 11.3 Å². The lowest BCUT2D eigenvalue weighted by Gasteiger charge is -2.10. The number of phenols is 1. The Morgan fingerprint density at radius 3 is 2.67 bits per heavy atom. The van der Waals surface area contributed by atoms with Crippen LogP contribution in [0.3, 0.4) is 0 Å². The predicted molar refractivity (Wildman–Crippen MR) is 82.0 cm³/mol. The van der Waals surface area contributed by atoms with Crippen molar-refractivity contribution in [2.24, 2.45) is 7.05 Å². The largest absolute Gasteiger partial charge is 0.504 e. The standard InChI is InChI=1S/C17H15NO3/c1-18-6-5-12-7-11(3-4-15(12)18)13-8-14(10-19)17(20)16(9-13)21-2/h3-10,20H,1-2H3. The summed E-state index contributed by atoms with van der Waals surface area (Å²) in [4.78, 5) is 11.1. The summed E-state index contributed by atoms with van der Waals surface area (Å²) in [5, 5.41) is 11.0. The summed E-state index contributed by atoms with van der Waals surface area (Å²) in [6, 6.07) is 11.5. The Hall–Kier alpha value is -2.75. The van der Waals surface area contributed by atoms with E-state index < -0.39 is 0 Å². The molecule has 0 amide bonds. The van der Waals surface area contributed by atoms with E-state index >= 15 is 0 Å². The minimum atomic E-state index is -0.128. The highest BCUT2D eigenvalue weighted by Crippen LogP contribution is 2.35. The molecule has 4 nitrogen and oxygen atoms in total. The van der Waals surface area contributed by atoms with Gasteiger partial charge in [0, 0.05) is 24.1 Å². The Bertz CT molecular complexity index is 833. The van der Waals surface area contributed by atoms with Crippen molar-refractivity contribution in [1.82, 2.24) is 4.57 Å². The summed E-state index contributed by atoms with van der Waals surface area (Å²) in [7, 11) is 3.46. The maximum Gasteiger partial charge on any atom is 0.168 e. The van der Waals surface area contributed by atoms with Crippen LogP contribution in [0.2, 0.25) is 0 Å². The molecule has 21 heavy (non-hydrogen) atoms. The summed E-state index contributed by atoms with van der Waals surface area (Å²) in [6.07, 6.45) is 2.63. The molecule has 0 atom stereocenters. The Morgan fingerprint density at radius 1 is 1.14 bits per heavy atom. The number of rotatable bonds is 3. The number of aromatic nitrogens is 1. The van der Waals surface area contributed by atoms with Crippen molar-refractivity contribution >= 4 is 17.2 Å². The van der Waals surface area contributed by atoms with E-state index in [1.807, 2.05) is 36.0 Å². The van der Waals surface area contributed by atoms with Crippen molar-refractivity contribution in [3.8, 4) is 22.6 Å². The number of ether oxygens (including phenoxy) is 1. The summed E-state index contributed by atoms with van der Waals surface area (Å²) < 4.78 is 7.18. The molecule has 1 heterocycles. The van der Waals surface area contributed by atoms with Crippen LogP contribution in [0.25, 0.3) is 22.0 Å². The van der Waals surface area contributed by atoms with Crippen LogP contribution in [0.5, 0.6) is 11.5 Å². The van der Waals surface area contributed by atoms with Gasteiger partial charge in [-0.25, -0.2) is 0 Å². The minimum Gasteiger partial charge on any atom is -0.504 e. The first-order valence-corrected chi connectivity index (χ1v) is 6.55. The molecule has 0 aliphatic heterocycles. The van der Waals surface area contributed by atoms with E-state index in [1.165, 1.54) is 7.11 Å². The first-order chi connectivity index (χ1) is 10.1. The second-order valence-corrected chi connectivity index (χ2v) is 4.93. The Kier molecular flexibility index (Phi) is 3.14. The molecule has 0 aliphatic rings. The maximum absolute atomic E-state index is 11.1. The van der Waals surface area contributed by atoms with Crippen molar-refractivity contribution in [2.75, 3.05) is 7.11 Å². The fourth-order valence-electron chi connectivity index (χ4n) is 2.50. The summed E-state index contributed by atoms with van der Waals surface area (Å²) in [5.41, 5.74) is 3.16. The van der Waals surface area contributed by atoms with Gasteiger partial charge >= 0.3 is 0 Å². The number of hydrogen-bond donors (Lipinski definition) is 1. The quantitative estimate of drug-likeness (QED) is 0.749. The summed E-state index contributed by atoms with van der Waals surface area (Å²) in [6.45, 7) is 0. The molecule has 1 aromatic heterocycles. The van der Waals surface area contributed by atoms with Gasteiger partial charge in [-0.1, -0.05) is 6.07 Å². The molecule has 106 valence electrons. The van der Waals surface area contributed by atoms with Gasteiger partial charge in [0.1, 0.15) is 0 Å². The third-order valence-electron chi connectivity index (χ3n) is 3.67. The van der Waals surface area contributed by atoms with Crippen molar-refractivity contribution in [3.05, 3.63) is 48.2 Å². The van der Waals surface area contributed by atoms with Crippen LogP contribution in [0.15, 0.2) is 42.6 Å². The number of nitrogens with zero attached hydrogens (tertiary/aromatic N) is 1. The second-order valence-electron chi connectivity index (χ2n) is 4.93. The average molecular weight is 281 g/mol. The fraction of sp³-hybridized carbons (Fsp3) is 0.118. The molecule has 0 saturated heterocycles. The highest BCUT2D eigenvalue weighted by atomic mass is 16.5. The van der Waals surface area contributed by atoms with Crippen LogP contribution >= 0.6 is 0 Å². The molecule has 0 radical (unpaired) electrons. The zero-order chi connectivity index (χ0) is 15.0. The molecule has 3 rings (SSSR count). The molecule has 3 aromatic rings. The third kappa shape index (κ3) is 2.14. The number of methoxy groups -OCH3 is 1. The van der Waals surface area contributed by atoms with E-state index in [2.05, 4.69) is 6.07 Å². The molecular weight excluding hydrogens is 266 g/mol. The topological polar surface area (TPSA) is 51.5 Å². The van der Waals surface area contributed by atoms with Crippen molar-refractivity contribution < 1.29 is 14.6 Å². The summed E-state index contributed by atoms with van der Waals surface area (Å²) >= 11 is 0. The van der Waals surface area contributed by atoms with Crippen molar-refractivity contribution in [2.45, 2.75) is 0 Å². The highest BCUT2D eigenvalue weighted by molar-refractivity contribution is 5.89. The van der Waals surface area contributed by atoms with Crippen LogP contribution < -0.4 is 4.74 Å². The number of carbonyl (C=O) groups excluding carboxylic acids is 1. The first kappa shape index (κ1) is 13.2. The van der Waals surface area contributed by atoms with Gasteiger partial charge in [-0.05, 0) is 41.5 Å². The van der Waals surface area contributed by atoms with E-state index in [9.17, 15) is 9.90 Å². The maximum atomic E-state index is 11.1. The molecule has 0 aliphatic carbocycles. The minimum absolute atomic E-state index is 0.128. The molecular formula is C17H15NO3. The highest BCUT2D eigenvalue weighted by Gasteiger charge is 2.11. The predicted octanol–water partition coefficient (Wildman–Crippen LogP) is 3.37. The zero-order valence-corrected chi connectivity index (χ0v) is 11.8. The van der Waals surface area contributed by atoms with Gasteiger partial charge in [0.15, 0.2) is 17.8 Å². The molecule has 0 unspecified atom stereocenters. The number of carbonyl (C=O) groups is 1. The number of aldehydes is 1. The smallest absolute Gasteiger partial charge is 0.168 e. The molecule has 0 spiro atoms. The molecule has 1 N–H and O–H groups in total. The molecule has 2 aromatic carbocycles. The van der Waals surface area contributed by atoms with Gasteiger partial charge in [0.05, 0.1) is 12.7 Å². The number of fused-ring (bicyclic) bond motifs is 1. The van der Waals surface area contributed by atoms with Crippen LogP contribution in [-0.2, 0) is 7.05 Å². The molecule has 0 fully saturated rings. The van der Waals surface area contributed by atoms with E-state index in [0.29, 0.717) is 12.0 Å². The second kappa shape index (κ2) is 4.98. The van der Waals surface area contributed by atoms with Crippen LogP contribution in [0, 0.1) is 0 Å². The zero-order valence-electron chi connectivity index (χ0n) is 11.8. The number of phenolic OH excluding ortho intramolecular Hbond substituents is 1. The van der Waals surface area contributed by atoms with E-state index in [0.717, 1.165) is 22.0 Å². The normalized spacial score (nSPS) is 10.8. The fourth-order valence-corrected chi connectivity index (χ4v) is 2.50. The van der Waals surface area contributed by atoms with Crippen molar-refractivity contribution in [3.63, 3.8) is 0 Å². The number of benzene rings is 2. The molecule has 0 saturated carbocycles. The van der Waals surface area contributed by atoms with Crippen molar-refractivity contribution in [1.29, 1.82) is 0 Å². The number of aryl methyl sites for hydroxylation is 1. The number of hydrogen-bond acceptors (Lipinski definition) is 3. The summed E-state index contributed by atoms with van der Waals surface area (Å²) in [5.74, 6) is 0.166. The van der Waals surface area contributed by atoms with E-state index in [4.69, 9.17) is 4.74 Å². The van der Waals surface area contributed by atoms with Gasteiger partial charge < -0.3 is 14.4 Å². The third-order valence-corrected chi connectivity index (χ3v) is 3.67. The van der Waals surface area contributed by atoms with Crippen LogP contribution in [-0.4, -0.2) is 23.1 Å². The van der Waals surface area contributed by atoms with E-state index in [1.54, 1.807) is 12.1 Å².